The molecule has 2 aromatic carbocycles. The monoisotopic (exact) mass is 488 g/mol. The van der Waals surface area contributed by atoms with E-state index in [9.17, 15) is 17.6 Å². The third kappa shape index (κ3) is 5.94. The molecule has 2 saturated carbocycles. The van der Waals surface area contributed by atoms with Gasteiger partial charge in [0.1, 0.15) is 0 Å². The Morgan fingerprint density at radius 3 is 1.51 bits per heavy atom. The Morgan fingerprint density at radius 2 is 1.03 bits per heavy atom. The quantitative estimate of drug-likeness (QED) is 0.324. The van der Waals surface area contributed by atoms with Crippen molar-refractivity contribution in [3.63, 3.8) is 0 Å². The van der Waals surface area contributed by atoms with Crippen LogP contribution >= 0.6 is 0 Å². The van der Waals surface area contributed by atoms with Gasteiger partial charge in [-0.1, -0.05) is 51.0 Å². The first-order chi connectivity index (χ1) is 16.9. The molecule has 0 saturated heterocycles. The Morgan fingerprint density at radius 1 is 0.571 bits per heavy atom. The number of hydrogen-bond donors (Lipinski definition) is 0. The molecule has 4 heteroatoms. The second-order valence-corrected chi connectivity index (χ2v) is 11.0. The first kappa shape index (κ1) is 26.2. The van der Waals surface area contributed by atoms with Crippen LogP contribution in [0.2, 0.25) is 0 Å². The average molecular weight is 489 g/mol. The molecule has 0 nitrogen and oxygen atoms in total. The predicted molar refractivity (Wildman–Crippen MR) is 135 cm³/mol. The zero-order chi connectivity index (χ0) is 24.9. The molecule has 2 aliphatic carbocycles. The Labute approximate surface area is 208 Å². The molecule has 2 fully saturated rings. The lowest BCUT2D eigenvalue weighted by molar-refractivity contribution is 0.300. The third-order valence-electron chi connectivity index (χ3n) is 8.86. The second-order valence-electron chi connectivity index (χ2n) is 11.0. The van der Waals surface area contributed by atoms with Crippen molar-refractivity contribution in [2.24, 2.45) is 11.8 Å². The molecule has 0 aromatic heterocycles. The van der Waals surface area contributed by atoms with Crippen LogP contribution in [0, 0.1) is 35.1 Å². The summed E-state index contributed by atoms with van der Waals surface area (Å²) in [5.41, 5.74) is 1.94. The smallest absolute Gasteiger partial charge is 0.162 e. The average Bonchev–Trinajstić information content (AvgIpc) is 2.88. The summed E-state index contributed by atoms with van der Waals surface area (Å²) in [6, 6.07) is 7.08. The van der Waals surface area contributed by atoms with E-state index in [0.717, 1.165) is 63.7 Å². The molecule has 0 heterocycles. The van der Waals surface area contributed by atoms with E-state index in [1.165, 1.54) is 12.8 Å². The second kappa shape index (κ2) is 11.9. The Balaban J connectivity index is 1.31. The molecule has 0 bridgehead atoms. The van der Waals surface area contributed by atoms with Crippen LogP contribution < -0.4 is 0 Å². The van der Waals surface area contributed by atoms with Crippen molar-refractivity contribution in [1.29, 1.82) is 0 Å². The van der Waals surface area contributed by atoms with Gasteiger partial charge in [0.05, 0.1) is 0 Å². The highest BCUT2D eigenvalue weighted by Crippen LogP contribution is 2.41. The zero-order valence-corrected chi connectivity index (χ0v) is 21.3. The maximum absolute atomic E-state index is 15.0. The summed E-state index contributed by atoms with van der Waals surface area (Å²) < 4.78 is 58.7. The minimum atomic E-state index is -0.706. The number of benzene rings is 2. The van der Waals surface area contributed by atoms with Crippen LogP contribution in [-0.4, -0.2) is 0 Å². The molecular weight excluding hydrogens is 448 g/mol. The zero-order valence-electron chi connectivity index (χ0n) is 21.3. The van der Waals surface area contributed by atoms with E-state index < -0.39 is 23.3 Å². The van der Waals surface area contributed by atoms with Crippen molar-refractivity contribution in [3.8, 4) is 0 Å². The van der Waals surface area contributed by atoms with Gasteiger partial charge in [-0.05, 0) is 117 Å². The van der Waals surface area contributed by atoms with Crippen LogP contribution in [0.5, 0.6) is 0 Å². The van der Waals surface area contributed by atoms with Gasteiger partial charge in [-0.25, -0.2) is 17.6 Å². The molecule has 0 spiro atoms. The van der Waals surface area contributed by atoms with Crippen molar-refractivity contribution in [3.05, 3.63) is 69.8 Å². The van der Waals surface area contributed by atoms with Crippen molar-refractivity contribution in [2.45, 2.75) is 109 Å². The molecule has 0 unspecified atom stereocenters. The van der Waals surface area contributed by atoms with E-state index in [2.05, 4.69) is 6.92 Å². The molecule has 4 rings (SSSR count). The lowest BCUT2D eigenvalue weighted by atomic mass is 9.76. The van der Waals surface area contributed by atoms with Gasteiger partial charge in [0.15, 0.2) is 23.3 Å². The van der Waals surface area contributed by atoms with Gasteiger partial charge in [-0.2, -0.15) is 0 Å². The number of halogens is 4. The van der Waals surface area contributed by atoms with Crippen LogP contribution in [0.1, 0.15) is 119 Å². The molecular formula is C31H40F4. The van der Waals surface area contributed by atoms with Crippen molar-refractivity contribution in [2.75, 3.05) is 0 Å². The van der Waals surface area contributed by atoms with Gasteiger partial charge in [0.25, 0.3) is 0 Å². The van der Waals surface area contributed by atoms with Crippen molar-refractivity contribution in [1.82, 2.24) is 0 Å². The van der Waals surface area contributed by atoms with Gasteiger partial charge >= 0.3 is 0 Å². The molecule has 0 atom stereocenters. The van der Waals surface area contributed by atoms with Crippen LogP contribution in [0.25, 0.3) is 0 Å². The summed E-state index contributed by atoms with van der Waals surface area (Å²) in [6.45, 7) is 4.03. The van der Waals surface area contributed by atoms with E-state index in [4.69, 9.17) is 0 Å². The van der Waals surface area contributed by atoms with Gasteiger partial charge < -0.3 is 0 Å². The molecule has 2 aliphatic rings. The molecule has 0 N–H and O–H groups in total. The van der Waals surface area contributed by atoms with E-state index >= 15 is 0 Å². The van der Waals surface area contributed by atoms with E-state index in [1.807, 2.05) is 13.0 Å². The largest absolute Gasteiger partial charge is 0.203 e. The van der Waals surface area contributed by atoms with Crippen molar-refractivity contribution < 1.29 is 17.6 Å². The topological polar surface area (TPSA) is 0 Å². The normalized spacial score (nSPS) is 25.1. The Hall–Kier alpha value is -1.84. The summed E-state index contributed by atoms with van der Waals surface area (Å²) in [5.74, 6) is -1.38. The van der Waals surface area contributed by atoms with Crippen LogP contribution in [0.15, 0.2) is 24.3 Å². The highest BCUT2D eigenvalue weighted by Gasteiger charge is 2.28. The number of aryl methyl sites for hydroxylation is 2. The van der Waals surface area contributed by atoms with Crippen LogP contribution in [0.3, 0.4) is 0 Å². The van der Waals surface area contributed by atoms with Gasteiger partial charge in [-0.15, -0.1) is 0 Å². The Kier molecular flexibility index (Phi) is 8.94. The minimum Gasteiger partial charge on any atom is -0.203 e. The fraction of sp³-hybridized carbons (Fsp3) is 0.613. The highest BCUT2D eigenvalue weighted by atomic mass is 19.2. The fourth-order valence-electron chi connectivity index (χ4n) is 6.60. The predicted octanol–water partition coefficient (Wildman–Crippen LogP) is 9.79. The maximum atomic E-state index is 15.0. The molecule has 0 amide bonds. The van der Waals surface area contributed by atoms with Crippen LogP contribution in [-0.2, 0) is 12.8 Å². The molecule has 2 aromatic rings. The number of hydrogen-bond acceptors (Lipinski definition) is 0. The molecule has 0 aliphatic heterocycles. The summed E-state index contributed by atoms with van der Waals surface area (Å²) in [6.07, 6.45) is 11.8. The lowest BCUT2D eigenvalue weighted by Gasteiger charge is -2.30. The summed E-state index contributed by atoms with van der Waals surface area (Å²) in [4.78, 5) is 0. The van der Waals surface area contributed by atoms with E-state index in [0.29, 0.717) is 41.0 Å². The van der Waals surface area contributed by atoms with Gasteiger partial charge in [0.2, 0.25) is 0 Å². The van der Waals surface area contributed by atoms with Gasteiger partial charge in [0, 0.05) is 0 Å². The fourth-order valence-corrected chi connectivity index (χ4v) is 6.60. The summed E-state index contributed by atoms with van der Waals surface area (Å²) >= 11 is 0. The minimum absolute atomic E-state index is 0.0348. The molecule has 0 radical (unpaired) electrons. The van der Waals surface area contributed by atoms with E-state index in [1.54, 1.807) is 18.2 Å². The van der Waals surface area contributed by atoms with Gasteiger partial charge in [-0.3, -0.25) is 0 Å². The lowest BCUT2D eigenvalue weighted by Crippen LogP contribution is -2.16. The van der Waals surface area contributed by atoms with Crippen LogP contribution in [0.4, 0.5) is 17.6 Å². The SMILES string of the molecule is CCCC1CCC(c2ccc(CCC3CCC(c4ccc(CC)c(F)c4F)CC3)c(F)c2F)CC1. The van der Waals surface area contributed by atoms with E-state index in [-0.39, 0.29) is 11.8 Å². The Bertz CT molecular complexity index is 982. The summed E-state index contributed by atoms with van der Waals surface area (Å²) in [5, 5.41) is 0. The highest BCUT2D eigenvalue weighted by molar-refractivity contribution is 5.31. The first-order valence-electron chi connectivity index (χ1n) is 13.9. The molecule has 35 heavy (non-hydrogen) atoms. The first-order valence-corrected chi connectivity index (χ1v) is 13.9. The standard InChI is InChI=1S/C31H40F4/c1-3-5-20-6-11-23(12-7-20)27-19-17-25(29(33)31(27)35)15-10-21-8-13-24(14-9-21)26-18-16-22(4-2)28(32)30(26)34/h16-21,23-24H,3-15H2,1-2H3. The van der Waals surface area contributed by atoms with Crippen molar-refractivity contribution >= 4 is 0 Å². The maximum Gasteiger partial charge on any atom is 0.162 e. The summed E-state index contributed by atoms with van der Waals surface area (Å²) in [7, 11) is 0. The number of rotatable bonds is 8. The molecule has 192 valence electrons. The third-order valence-corrected chi connectivity index (χ3v) is 8.86.